The largest absolute Gasteiger partial charge is 0.425 e. The molecule has 0 amide bonds. The molecule has 0 unspecified atom stereocenters. The van der Waals surface area contributed by atoms with E-state index in [9.17, 15) is 4.79 Å². The third-order valence-electron chi connectivity index (χ3n) is 2.32. The molecule has 3 heteroatoms. The van der Waals surface area contributed by atoms with Crippen LogP contribution in [-0.4, -0.2) is 5.71 Å². The van der Waals surface area contributed by atoms with E-state index in [1.54, 1.807) is 6.07 Å². The van der Waals surface area contributed by atoms with Crippen molar-refractivity contribution in [1.82, 2.24) is 0 Å². The Balaban J connectivity index is 2.70. The molecule has 1 aliphatic rings. The van der Waals surface area contributed by atoms with Crippen molar-refractivity contribution in [3.63, 3.8) is 0 Å². The fourth-order valence-electron chi connectivity index (χ4n) is 1.69. The molecule has 2 rings (SSSR count). The zero-order valence-corrected chi connectivity index (χ0v) is 7.76. The fraction of sp³-hybridized carbons (Fsp3) is 0.400. The summed E-state index contributed by atoms with van der Waals surface area (Å²) >= 11 is 0. The van der Waals surface area contributed by atoms with Crippen LogP contribution in [-0.2, 0) is 13.0 Å². The maximum absolute atomic E-state index is 11.1. The monoisotopic (exact) mass is 177 g/mol. The highest BCUT2D eigenvalue weighted by atomic mass is 16.4. The van der Waals surface area contributed by atoms with E-state index in [4.69, 9.17) is 4.42 Å². The Kier molecular flexibility index (Phi) is 1.79. The van der Waals surface area contributed by atoms with Crippen LogP contribution in [0, 0.1) is 0 Å². The Morgan fingerprint density at radius 2 is 2.38 bits per heavy atom. The lowest BCUT2D eigenvalue weighted by Gasteiger charge is -2.03. The van der Waals surface area contributed by atoms with Gasteiger partial charge in [0.2, 0.25) is 0 Å². The first-order valence-electron chi connectivity index (χ1n) is 4.39. The van der Waals surface area contributed by atoms with Gasteiger partial charge in [-0.1, -0.05) is 6.92 Å². The molecule has 1 aromatic rings. The molecule has 0 saturated carbocycles. The summed E-state index contributed by atoms with van der Waals surface area (Å²) in [4.78, 5) is 15.3. The summed E-state index contributed by atoms with van der Waals surface area (Å²) < 4.78 is 5.06. The minimum atomic E-state index is -0.263. The number of aliphatic imine (C=N–C) groups is 1. The molecule has 0 fully saturated rings. The molecule has 1 aliphatic heterocycles. The summed E-state index contributed by atoms with van der Waals surface area (Å²) in [6.07, 6.45) is 0.848. The maximum atomic E-state index is 11.1. The van der Waals surface area contributed by atoms with Gasteiger partial charge in [-0.3, -0.25) is 4.99 Å². The van der Waals surface area contributed by atoms with Crippen molar-refractivity contribution in [3.05, 3.63) is 33.4 Å². The topological polar surface area (TPSA) is 42.6 Å². The molecule has 0 aliphatic carbocycles. The summed E-state index contributed by atoms with van der Waals surface area (Å²) in [5.74, 6) is 0.724. The van der Waals surface area contributed by atoms with E-state index in [0.29, 0.717) is 6.54 Å². The van der Waals surface area contributed by atoms with Crippen molar-refractivity contribution < 1.29 is 4.42 Å². The lowest BCUT2D eigenvalue weighted by Crippen LogP contribution is -2.07. The SMILES string of the molecule is CCc1cc(=O)oc2c1C(C)=NC2. The molecule has 2 heterocycles. The Morgan fingerprint density at radius 3 is 3.08 bits per heavy atom. The van der Waals surface area contributed by atoms with Crippen LogP contribution in [0.15, 0.2) is 20.3 Å². The van der Waals surface area contributed by atoms with E-state index >= 15 is 0 Å². The first-order valence-corrected chi connectivity index (χ1v) is 4.39. The van der Waals surface area contributed by atoms with Crippen LogP contribution in [0.3, 0.4) is 0 Å². The van der Waals surface area contributed by atoms with E-state index < -0.39 is 0 Å². The predicted octanol–water partition coefficient (Wildman–Crippen LogP) is 1.52. The van der Waals surface area contributed by atoms with E-state index in [1.165, 1.54) is 0 Å². The number of rotatable bonds is 1. The molecule has 1 aromatic heterocycles. The van der Waals surface area contributed by atoms with Crippen molar-refractivity contribution >= 4 is 5.71 Å². The van der Waals surface area contributed by atoms with Crippen LogP contribution in [0.5, 0.6) is 0 Å². The van der Waals surface area contributed by atoms with Crippen LogP contribution >= 0.6 is 0 Å². The summed E-state index contributed by atoms with van der Waals surface area (Å²) in [5.41, 5.74) is 2.81. The standard InChI is InChI=1S/C10H11NO2/c1-3-7-4-9(12)13-8-5-11-6(2)10(7)8/h4H,3,5H2,1-2H3. The van der Waals surface area contributed by atoms with Gasteiger partial charge in [0, 0.05) is 17.3 Å². The van der Waals surface area contributed by atoms with Gasteiger partial charge < -0.3 is 4.42 Å². The average molecular weight is 177 g/mol. The molecule has 0 bridgehead atoms. The summed E-state index contributed by atoms with van der Waals surface area (Å²) in [5, 5.41) is 0. The number of fused-ring (bicyclic) bond motifs is 1. The van der Waals surface area contributed by atoms with Gasteiger partial charge in [-0.05, 0) is 18.9 Å². The molecule has 3 nitrogen and oxygen atoms in total. The Labute approximate surface area is 76.1 Å². The highest BCUT2D eigenvalue weighted by Crippen LogP contribution is 2.21. The van der Waals surface area contributed by atoms with Crippen molar-refractivity contribution in [3.8, 4) is 0 Å². The number of nitrogens with zero attached hydrogens (tertiary/aromatic N) is 1. The predicted molar refractivity (Wildman–Crippen MR) is 50.3 cm³/mol. The molecule has 0 radical (unpaired) electrons. The van der Waals surface area contributed by atoms with Crippen LogP contribution in [0.25, 0.3) is 0 Å². The highest BCUT2D eigenvalue weighted by molar-refractivity contribution is 6.02. The molecule has 0 N–H and O–H groups in total. The fourth-order valence-corrected chi connectivity index (χ4v) is 1.69. The second-order valence-electron chi connectivity index (χ2n) is 3.14. The van der Waals surface area contributed by atoms with Gasteiger partial charge in [-0.25, -0.2) is 4.79 Å². The van der Waals surface area contributed by atoms with E-state index in [2.05, 4.69) is 4.99 Å². The lowest BCUT2D eigenvalue weighted by atomic mass is 10.0. The quantitative estimate of drug-likeness (QED) is 0.652. The zero-order chi connectivity index (χ0) is 9.42. The normalized spacial score (nSPS) is 14.2. The molecule has 0 saturated heterocycles. The molecule has 0 atom stereocenters. The lowest BCUT2D eigenvalue weighted by molar-refractivity contribution is 0.463. The third-order valence-corrected chi connectivity index (χ3v) is 2.32. The van der Waals surface area contributed by atoms with Crippen molar-refractivity contribution in [1.29, 1.82) is 0 Å². The molecule has 68 valence electrons. The molecular formula is C10H11NO2. The first kappa shape index (κ1) is 8.23. The summed E-state index contributed by atoms with van der Waals surface area (Å²) in [6, 6.07) is 1.56. The third kappa shape index (κ3) is 1.20. The number of hydrogen-bond acceptors (Lipinski definition) is 3. The minimum Gasteiger partial charge on any atom is -0.425 e. The number of hydrogen-bond donors (Lipinski definition) is 0. The second-order valence-corrected chi connectivity index (χ2v) is 3.14. The smallest absolute Gasteiger partial charge is 0.336 e. The molecular weight excluding hydrogens is 166 g/mol. The van der Waals surface area contributed by atoms with Gasteiger partial charge >= 0.3 is 5.63 Å². The van der Waals surface area contributed by atoms with Crippen molar-refractivity contribution in [2.45, 2.75) is 26.8 Å². The van der Waals surface area contributed by atoms with Crippen molar-refractivity contribution in [2.75, 3.05) is 0 Å². The molecule has 0 aromatic carbocycles. The number of aryl methyl sites for hydroxylation is 1. The summed E-state index contributed by atoms with van der Waals surface area (Å²) in [6.45, 7) is 4.50. The Morgan fingerprint density at radius 1 is 1.62 bits per heavy atom. The van der Waals surface area contributed by atoms with E-state index in [0.717, 1.165) is 29.0 Å². The molecule has 13 heavy (non-hydrogen) atoms. The summed E-state index contributed by atoms with van der Waals surface area (Å²) in [7, 11) is 0. The second kappa shape index (κ2) is 2.83. The maximum Gasteiger partial charge on any atom is 0.336 e. The molecule has 0 spiro atoms. The first-order chi connectivity index (χ1) is 6.22. The van der Waals surface area contributed by atoms with Crippen LogP contribution in [0.2, 0.25) is 0 Å². The average Bonchev–Trinajstić information content (AvgIpc) is 2.46. The van der Waals surface area contributed by atoms with Gasteiger partial charge in [-0.2, -0.15) is 0 Å². The van der Waals surface area contributed by atoms with Crippen LogP contribution in [0.4, 0.5) is 0 Å². The van der Waals surface area contributed by atoms with Crippen LogP contribution in [0.1, 0.15) is 30.7 Å². The van der Waals surface area contributed by atoms with Gasteiger partial charge in [0.1, 0.15) is 5.76 Å². The minimum absolute atomic E-state index is 0.263. The van der Waals surface area contributed by atoms with Gasteiger partial charge in [-0.15, -0.1) is 0 Å². The van der Waals surface area contributed by atoms with Gasteiger partial charge in [0.05, 0.1) is 6.54 Å². The Bertz CT molecular complexity index is 429. The Hall–Kier alpha value is -1.38. The van der Waals surface area contributed by atoms with E-state index in [1.807, 2.05) is 13.8 Å². The van der Waals surface area contributed by atoms with Crippen LogP contribution < -0.4 is 5.63 Å². The van der Waals surface area contributed by atoms with Crippen molar-refractivity contribution in [2.24, 2.45) is 4.99 Å². The van der Waals surface area contributed by atoms with E-state index in [-0.39, 0.29) is 5.63 Å². The zero-order valence-electron chi connectivity index (χ0n) is 7.76. The van der Waals surface area contributed by atoms with Gasteiger partial charge in [0.15, 0.2) is 0 Å². The van der Waals surface area contributed by atoms with Gasteiger partial charge in [0.25, 0.3) is 0 Å². The highest BCUT2D eigenvalue weighted by Gasteiger charge is 2.18.